The highest BCUT2D eigenvalue weighted by molar-refractivity contribution is 6.49. The van der Waals surface area contributed by atoms with Crippen LogP contribution in [0.5, 0.6) is 0 Å². The van der Waals surface area contributed by atoms with Gasteiger partial charge in [0.05, 0.1) is 38.4 Å². The van der Waals surface area contributed by atoms with E-state index in [2.05, 4.69) is 21.1 Å². The predicted molar refractivity (Wildman–Crippen MR) is 134 cm³/mol. The van der Waals surface area contributed by atoms with Gasteiger partial charge in [0, 0.05) is 13.8 Å². The summed E-state index contributed by atoms with van der Waals surface area (Å²) < 4.78 is 0. The Balaban J connectivity index is 2.23. The molecule has 0 radical (unpaired) electrons. The van der Waals surface area contributed by atoms with E-state index in [1.165, 1.54) is 0 Å². The number of carbonyl (C=O) groups excluding carboxylic acids is 2. The van der Waals surface area contributed by atoms with Crippen molar-refractivity contribution in [2.45, 2.75) is 13.8 Å². The molecule has 0 unspecified atom stereocenters. The molecular weight excluding hydrogens is 468 g/mol. The third-order valence-corrected chi connectivity index (χ3v) is 4.83. The summed E-state index contributed by atoms with van der Waals surface area (Å²) in [6, 6.07) is 18.7. The van der Waals surface area contributed by atoms with Gasteiger partial charge in [-0.2, -0.15) is 10.2 Å². The molecule has 0 heterocycles. The minimum Gasteiger partial charge on any atom is -0.293 e. The van der Waals surface area contributed by atoms with Crippen LogP contribution >= 0.6 is 0 Å². The first-order chi connectivity index (χ1) is 17.2. The zero-order chi connectivity index (χ0) is 26.2. The summed E-state index contributed by atoms with van der Waals surface area (Å²) in [5.41, 5.74) is 3.49. The van der Waals surface area contributed by atoms with Crippen molar-refractivity contribution in [1.82, 2.24) is 0 Å². The van der Waals surface area contributed by atoms with Gasteiger partial charge in [-0.05, 0) is 30.3 Å². The first kappa shape index (κ1) is 25.4. The number of nitrogens with one attached hydrogen (secondary N) is 2. The van der Waals surface area contributed by atoms with Crippen LogP contribution in [0.15, 0.2) is 83.0 Å². The second-order valence-electron chi connectivity index (χ2n) is 7.39. The molecule has 0 bridgehead atoms. The maximum absolute atomic E-state index is 12.4. The summed E-state index contributed by atoms with van der Waals surface area (Å²) in [7, 11) is 0. The lowest BCUT2D eigenvalue weighted by Crippen LogP contribution is -2.20. The summed E-state index contributed by atoms with van der Waals surface area (Å²) in [6.07, 6.45) is 0. The van der Waals surface area contributed by atoms with Crippen molar-refractivity contribution >= 4 is 45.7 Å². The quantitative estimate of drug-likeness (QED) is 0.241. The summed E-state index contributed by atoms with van der Waals surface area (Å²) >= 11 is 0. The van der Waals surface area contributed by atoms with Crippen LogP contribution in [-0.2, 0) is 9.59 Å². The largest absolute Gasteiger partial charge is 0.293 e. The second kappa shape index (κ2) is 11.2. The van der Waals surface area contributed by atoms with E-state index in [0.29, 0.717) is 17.4 Å². The van der Waals surface area contributed by atoms with E-state index in [9.17, 15) is 29.8 Å². The van der Waals surface area contributed by atoms with Crippen molar-refractivity contribution in [2.24, 2.45) is 10.2 Å². The summed E-state index contributed by atoms with van der Waals surface area (Å²) in [5.74, 6) is -1.30. The Morgan fingerprint density at radius 3 is 1.33 bits per heavy atom. The van der Waals surface area contributed by atoms with E-state index < -0.39 is 32.8 Å². The molecule has 0 saturated carbocycles. The van der Waals surface area contributed by atoms with E-state index in [-0.39, 0.29) is 22.6 Å². The van der Waals surface area contributed by atoms with Gasteiger partial charge in [0.2, 0.25) is 0 Å². The van der Waals surface area contributed by atoms with E-state index in [1.807, 2.05) is 0 Å². The van der Waals surface area contributed by atoms with Crippen LogP contribution < -0.4 is 10.9 Å². The van der Waals surface area contributed by atoms with Crippen LogP contribution in [0.1, 0.15) is 25.0 Å². The number of para-hydroxylation sites is 2. The number of hydrogen-bond donors (Lipinski definition) is 2. The summed E-state index contributed by atoms with van der Waals surface area (Å²) in [5, 5.41) is 31.7. The first-order valence-electron chi connectivity index (χ1n) is 10.5. The fourth-order valence-corrected chi connectivity index (χ4v) is 3.18. The normalized spacial score (nSPS) is 11.5. The van der Waals surface area contributed by atoms with Crippen molar-refractivity contribution in [2.75, 3.05) is 10.9 Å². The molecule has 36 heavy (non-hydrogen) atoms. The topological polar surface area (TPSA) is 169 Å². The van der Waals surface area contributed by atoms with Gasteiger partial charge < -0.3 is 0 Å². The van der Waals surface area contributed by atoms with Gasteiger partial charge in [0.25, 0.3) is 11.4 Å². The second-order valence-corrected chi connectivity index (χ2v) is 7.39. The number of anilines is 2. The lowest BCUT2D eigenvalue weighted by Gasteiger charge is -2.10. The van der Waals surface area contributed by atoms with Gasteiger partial charge in [0.15, 0.2) is 11.6 Å². The van der Waals surface area contributed by atoms with Crippen molar-refractivity contribution in [3.05, 3.63) is 104 Å². The summed E-state index contributed by atoms with van der Waals surface area (Å²) in [4.78, 5) is 46.8. The van der Waals surface area contributed by atoms with Gasteiger partial charge in [-0.15, -0.1) is 0 Å². The van der Waals surface area contributed by atoms with Crippen LogP contribution in [0.2, 0.25) is 0 Å². The maximum Gasteiger partial charge on any atom is 0.285 e. The molecule has 0 atom stereocenters. The van der Waals surface area contributed by atoms with Gasteiger partial charge in [0.1, 0.15) is 11.4 Å². The van der Waals surface area contributed by atoms with Crippen LogP contribution in [0, 0.1) is 20.2 Å². The number of carbonyl (C=O) groups is 2. The number of rotatable bonds is 10. The molecule has 0 saturated heterocycles. The molecule has 3 aromatic carbocycles. The number of hydrogen-bond acceptors (Lipinski definition) is 10. The molecule has 0 fully saturated rings. The molecule has 0 amide bonds. The third kappa shape index (κ3) is 5.99. The molecule has 182 valence electrons. The highest BCUT2D eigenvalue weighted by Gasteiger charge is 2.31. The van der Waals surface area contributed by atoms with Crippen LogP contribution in [0.25, 0.3) is 0 Å². The Morgan fingerprint density at radius 2 is 1.03 bits per heavy atom. The molecule has 12 nitrogen and oxygen atoms in total. The molecule has 0 aromatic heterocycles. The Morgan fingerprint density at radius 1 is 0.667 bits per heavy atom. The highest BCUT2D eigenvalue weighted by Crippen LogP contribution is 2.31. The molecule has 3 aromatic rings. The van der Waals surface area contributed by atoms with E-state index >= 15 is 0 Å². The van der Waals surface area contributed by atoms with Crippen LogP contribution in [-0.4, -0.2) is 32.8 Å². The van der Waals surface area contributed by atoms with Crippen LogP contribution in [0.4, 0.5) is 22.7 Å². The maximum atomic E-state index is 12.4. The van der Waals surface area contributed by atoms with Crippen molar-refractivity contribution in [3.8, 4) is 0 Å². The van der Waals surface area contributed by atoms with Gasteiger partial charge in [-0.3, -0.25) is 40.7 Å². The average molecular weight is 488 g/mol. The molecule has 0 aliphatic carbocycles. The monoisotopic (exact) mass is 488 g/mol. The molecule has 0 spiro atoms. The van der Waals surface area contributed by atoms with E-state index in [4.69, 9.17) is 0 Å². The van der Waals surface area contributed by atoms with Crippen molar-refractivity contribution in [3.63, 3.8) is 0 Å². The summed E-state index contributed by atoms with van der Waals surface area (Å²) in [6.45, 7) is 2.29. The number of nitro groups is 2. The minimum absolute atomic E-state index is 0.315. The lowest BCUT2D eigenvalue weighted by atomic mass is 9.96. The SMILES string of the molecule is CC(=O)/C(=N\Nc1ccccc1)c1cc(/C(=N/Nc2ccccc2)C(C)=O)c([N+](=O)[O-])cc1[N+](=O)[O-]. The Hall–Kier alpha value is -5.26. The van der Waals surface area contributed by atoms with Crippen molar-refractivity contribution < 1.29 is 19.4 Å². The smallest absolute Gasteiger partial charge is 0.285 e. The number of ketones is 2. The Bertz CT molecular complexity index is 1280. The fourth-order valence-electron chi connectivity index (χ4n) is 3.18. The number of Topliss-reactive ketones (excluding diaryl/α,β-unsaturated/α-hetero) is 2. The zero-order valence-corrected chi connectivity index (χ0v) is 19.2. The number of hydrazone groups is 2. The van der Waals surface area contributed by atoms with Crippen LogP contribution in [0.3, 0.4) is 0 Å². The minimum atomic E-state index is -0.861. The molecule has 0 aliphatic heterocycles. The third-order valence-electron chi connectivity index (χ3n) is 4.83. The zero-order valence-electron chi connectivity index (χ0n) is 19.2. The highest BCUT2D eigenvalue weighted by atomic mass is 16.6. The van der Waals surface area contributed by atoms with E-state index in [0.717, 1.165) is 19.9 Å². The average Bonchev–Trinajstić information content (AvgIpc) is 2.85. The molecular formula is C24H20N6O6. The first-order valence-corrected chi connectivity index (χ1v) is 10.5. The van der Waals surface area contributed by atoms with Gasteiger partial charge >= 0.3 is 0 Å². The van der Waals surface area contributed by atoms with E-state index in [1.54, 1.807) is 60.7 Å². The number of benzene rings is 3. The number of nitrogens with zero attached hydrogens (tertiary/aromatic N) is 4. The molecule has 0 aliphatic rings. The van der Waals surface area contributed by atoms with Crippen molar-refractivity contribution in [1.29, 1.82) is 0 Å². The standard InChI is InChI=1S/C24H20N6O6/c1-15(31)23(27-25-17-9-5-3-6-10-17)19-13-20(22(30(35)36)14-21(19)29(33)34)24(16(2)32)28-26-18-11-7-4-8-12-18/h3-14,25-26H,1-2H3/b27-23+,28-24+. The molecule has 2 N–H and O–H groups in total. The predicted octanol–water partition coefficient (Wildman–Crippen LogP) is 4.31. The Labute approximate surface area is 204 Å². The number of nitro benzene ring substituents is 2. The fraction of sp³-hybridized carbons (Fsp3) is 0.0833. The molecule has 12 heteroatoms. The Kier molecular flexibility index (Phi) is 7.92. The van der Waals surface area contributed by atoms with Gasteiger partial charge in [-0.25, -0.2) is 0 Å². The lowest BCUT2D eigenvalue weighted by molar-refractivity contribution is -0.394. The molecule has 3 rings (SSSR count). The van der Waals surface area contributed by atoms with Gasteiger partial charge in [-0.1, -0.05) is 36.4 Å².